The number of hydrogen-bond acceptors (Lipinski definition) is 6. The molecule has 0 spiro atoms. The molecule has 2 atom stereocenters. The van der Waals surface area contributed by atoms with Gasteiger partial charge in [-0.1, -0.05) is 6.42 Å². The van der Waals surface area contributed by atoms with E-state index in [-0.39, 0.29) is 23.4 Å². The molecule has 0 aromatic carbocycles. The molecule has 4 rings (SSSR count). The summed E-state index contributed by atoms with van der Waals surface area (Å²) in [4.78, 5) is 35.7. The Labute approximate surface area is 144 Å². The van der Waals surface area contributed by atoms with Crippen LogP contribution in [0.1, 0.15) is 35.4 Å². The number of rotatable bonds is 3. The van der Waals surface area contributed by atoms with E-state index in [1.165, 1.54) is 30.0 Å². The van der Waals surface area contributed by atoms with Crippen molar-refractivity contribution < 1.29 is 9.53 Å². The van der Waals surface area contributed by atoms with Gasteiger partial charge >= 0.3 is 0 Å². The first kappa shape index (κ1) is 16.2. The SMILES string of the molecule is Cc1nc2ncc(C(=O)N[C@H]3COC[C@@H]3N3CCCCC3)c(=O)n2[nH]1. The Morgan fingerprint density at radius 1 is 1.32 bits per heavy atom. The number of nitrogens with zero attached hydrogens (tertiary/aromatic N) is 4. The molecule has 1 amide bonds. The van der Waals surface area contributed by atoms with Crippen molar-refractivity contribution in [3.63, 3.8) is 0 Å². The van der Waals surface area contributed by atoms with E-state index < -0.39 is 11.5 Å². The lowest BCUT2D eigenvalue weighted by Crippen LogP contribution is -2.53. The van der Waals surface area contributed by atoms with E-state index in [4.69, 9.17) is 4.74 Å². The minimum Gasteiger partial charge on any atom is -0.378 e. The normalized spacial score (nSPS) is 24.7. The number of amides is 1. The lowest BCUT2D eigenvalue weighted by Gasteiger charge is -2.34. The number of aromatic amines is 1. The summed E-state index contributed by atoms with van der Waals surface area (Å²) >= 11 is 0. The van der Waals surface area contributed by atoms with Crippen molar-refractivity contribution in [2.75, 3.05) is 26.3 Å². The van der Waals surface area contributed by atoms with Crippen LogP contribution in [0, 0.1) is 6.92 Å². The maximum absolute atomic E-state index is 12.6. The van der Waals surface area contributed by atoms with Crippen molar-refractivity contribution in [3.05, 3.63) is 27.9 Å². The van der Waals surface area contributed by atoms with Crippen molar-refractivity contribution in [1.82, 2.24) is 29.8 Å². The molecule has 0 bridgehead atoms. The van der Waals surface area contributed by atoms with Gasteiger partial charge in [-0.3, -0.25) is 19.6 Å². The number of ether oxygens (including phenoxy) is 1. The lowest BCUT2D eigenvalue weighted by atomic mass is 10.0. The monoisotopic (exact) mass is 346 g/mol. The Hall–Kier alpha value is -2.26. The van der Waals surface area contributed by atoms with Crippen LogP contribution >= 0.6 is 0 Å². The molecule has 2 N–H and O–H groups in total. The number of nitrogens with one attached hydrogen (secondary N) is 2. The second-order valence-electron chi connectivity index (χ2n) is 6.70. The number of aromatic nitrogens is 4. The highest BCUT2D eigenvalue weighted by Crippen LogP contribution is 2.19. The Morgan fingerprint density at radius 2 is 2.12 bits per heavy atom. The van der Waals surface area contributed by atoms with Crippen LogP contribution in [0.4, 0.5) is 0 Å². The topological polar surface area (TPSA) is 105 Å². The molecule has 2 aliphatic rings. The maximum Gasteiger partial charge on any atom is 0.286 e. The van der Waals surface area contributed by atoms with E-state index in [0.29, 0.717) is 19.0 Å². The lowest BCUT2D eigenvalue weighted by molar-refractivity contribution is 0.0897. The average Bonchev–Trinajstić information content (AvgIpc) is 3.22. The Morgan fingerprint density at radius 3 is 2.92 bits per heavy atom. The number of likely N-dealkylation sites (tertiary alicyclic amines) is 1. The first-order chi connectivity index (χ1) is 12.1. The summed E-state index contributed by atoms with van der Waals surface area (Å²) in [7, 11) is 0. The van der Waals surface area contributed by atoms with Gasteiger partial charge in [0.1, 0.15) is 11.4 Å². The molecule has 0 aliphatic carbocycles. The van der Waals surface area contributed by atoms with Crippen molar-refractivity contribution in [2.45, 2.75) is 38.3 Å². The summed E-state index contributed by atoms with van der Waals surface area (Å²) in [6, 6.07) is 0.0484. The molecule has 4 heterocycles. The molecule has 9 heteroatoms. The molecule has 2 aliphatic heterocycles. The summed E-state index contributed by atoms with van der Waals surface area (Å²) in [5.41, 5.74) is -0.443. The van der Waals surface area contributed by atoms with Crippen LogP contribution in [0.25, 0.3) is 5.78 Å². The molecule has 9 nitrogen and oxygen atoms in total. The minimum absolute atomic E-state index is 0.00504. The number of hydrogen-bond donors (Lipinski definition) is 2. The van der Waals surface area contributed by atoms with E-state index in [9.17, 15) is 9.59 Å². The molecule has 2 aromatic rings. The molecule has 134 valence electrons. The van der Waals surface area contributed by atoms with Crippen LogP contribution in [0.15, 0.2) is 11.0 Å². The van der Waals surface area contributed by atoms with Gasteiger partial charge in [-0.05, 0) is 32.9 Å². The molecular weight excluding hydrogens is 324 g/mol. The highest BCUT2D eigenvalue weighted by Gasteiger charge is 2.35. The van der Waals surface area contributed by atoms with Gasteiger partial charge in [0.2, 0.25) is 0 Å². The Balaban J connectivity index is 1.53. The predicted molar refractivity (Wildman–Crippen MR) is 89.6 cm³/mol. The van der Waals surface area contributed by atoms with Gasteiger partial charge in [-0.25, -0.2) is 4.98 Å². The number of aryl methyl sites for hydroxylation is 1. The largest absolute Gasteiger partial charge is 0.378 e. The molecule has 2 saturated heterocycles. The molecule has 2 fully saturated rings. The second kappa shape index (κ2) is 6.57. The quantitative estimate of drug-likeness (QED) is 0.791. The smallest absolute Gasteiger partial charge is 0.286 e. The molecule has 0 unspecified atom stereocenters. The van der Waals surface area contributed by atoms with Gasteiger partial charge in [0.15, 0.2) is 0 Å². The van der Waals surface area contributed by atoms with Crippen molar-refractivity contribution >= 4 is 11.7 Å². The number of carbonyl (C=O) groups is 1. The average molecular weight is 346 g/mol. The van der Waals surface area contributed by atoms with Crippen molar-refractivity contribution in [1.29, 1.82) is 0 Å². The van der Waals surface area contributed by atoms with Gasteiger partial charge in [0, 0.05) is 6.20 Å². The van der Waals surface area contributed by atoms with Gasteiger partial charge in [0.05, 0.1) is 25.3 Å². The number of carbonyl (C=O) groups excluding carboxylic acids is 1. The van der Waals surface area contributed by atoms with E-state index in [1.807, 2.05) is 0 Å². The highest BCUT2D eigenvalue weighted by atomic mass is 16.5. The third-order valence-electron chi connectivity index (χ3n) is 4.96. The maximum atomic E-state index is 12.6. The van der Waals surface area contributed by atoms with Gasteiger partial charge in [0.25, 0.3) is 17.2 Å². The van der Waals surface area contributed by atoms with E-state index in [2.05, 4.69) is 25.3 Å². The number of fused-ring (bicyclic) bond motifs is 1. The van der Waals surface area contributed by atoms with E-state index >= 15 is 0 Å². The van der Waals surface area contributed by atoms with E-state index in [1.54, 1.807) is 6.92 Å². The van der Waals surface area contributed by atoms with Gasteiger partial charge in [-0.2, -0.15) is 9.50 Å². The van der Waals surface area contributed by atoms with Crippen LogP contribution in [0.2, 0.25) is 0 Å². The minimum atomic E-state index is -0.448. The number of H-pyrrole nitrogens is 1. The summed E-state index contributed by atoms with van der Waals surface area (Å²) in [6.45, 7) is 4.87. The summed E-state index contributed by atoms with van der Waals surface area (Å²) < 4.78 is 6.78. The fraction of sp³-hybridized carbons (Fsp3) is 0.625. The van der Waals surface area contributed by atoms with Crippen LogP contribution in [-0.4, -0.2) is 68.8 Å². The summed E-state index contributed by atoms with van der Waals surface area (Å²) in [5.74, 6) is 0.405. The Kier molecular flexibility index (Phi) is 4.26. The molecule has 2 aromatic heterocycles. The van der Waals surface area contributed by atoms with Crippen LogP contribution in [0.5, 0.6) is 0 Å². The first-order valence-electron chi connectivity index (χ1n) is 8.70. The van der Waals surface area contributed by atoms with Crippen LogP contribution < -0.4 is 10.9 Å². The number of piperidine rings is 1. The van der Waals surface area contributed by atoms with Crippen molar-refractivity contribution in [2.24, 2.45) is 0 Å². The molecule has 0 radical (unpaired) electrons. The zero-order chi connectivity index (χ0) is 17.4. The van der Waals surface area contributed by atoms with Gasteiger partial charge in [-0.15, -0.1) is 0 Å². The van der Waals surface area contributed by atoms with Crippen molar-refractivity contribution in [3.8, 4) is 0 Å². The first-order valence-corrected chi connectivity index (χ1v) is 8.70. The fourth-order valence-corrected chi connectivity index (χ4v) is 3.66. The Bertz CT molecular complexity index is 838. The van der Waals surface area contributed by atoms with Gasteiger partial charge < -0.3 is 10.1 Å². The fourth-order valence-electron chi connectivity index (χ4n) is 3.66. The zero-order valence-electron chi connectivity index (χ0n) is 14.2. The van der Waals surface area contributed by atoms with Crippen LogP contribution in [0.3, 0.4) is 0 Å². The predicted octanol–water partition coefficient (Wildman–Crippen LogP) is -0.291. The molecular formula is C16H22N6O3. The molecule has 0 saturated carbocycles. The second-order valence-corrected chi connectivity index (χ2v) is 6.70. The molecule has 25 heavy (non-hydrogen) atoms. The summed E-state index contributed by atoms with van der Waals surface area (Å²) in [6.07, 6.45) is 4.91. The standard InChI is InChI=1S/C16H22N6O3/c1-10-18-16-17-7-11(15(24)22(16)20-10)14(23)19-12-8-25-9-13(12)21-5-3-2-4-6-21/h7,12-13H,2-6,8-9H2,1H3,(H,19,23)(H,17,18,20)/t12-,13-/m0/s1. The third kappa shape index (κ3) is 3.05. The third-order valence-corrected chi connectivity index (χ3v) is 4.96. The summed E-state index contributed by atoms with van der Waals surface area (Å²) in [5, 5.41) is 5.76. The zero-order valence-corrected chi connectivity index (χ0v) is 14.2. The van der Waals surface area contributed by atoms with E-state index in [0.717, 1.165) is 13.1 Å². The highest BCUT2D eigenvalue weighted by molar-refractivity contribution is 5.93. The van der Waals surface area contributed by atoms with Crippen LogP contribution in [-0.2, 0) is 4.74 Å².